The number of hydrogen-bond donors (Lipinski definition) is 4. The molecule has 0 aliphatic rings. The van der Waals surface area contributed by atoms with Gasteiger partial charge in [0.2, 0.25) is 21.9 Å². The lowest BCUT2D eigenvalue weighted by Gasteiger charge is -2.31. The van der Waals surface area contributed by atoms with Gasteiger partial charge in [0.25, 0.3) is 0 Å². The molecule has 3 atom stereocenters. The number of imidazole rings is 1. The van der Waals surface area contributed by atoms with Crippen molar-refractivity contribution in [3.63, 3.8) is 0 Å². The molecule has 0 spiro atoms. The Labute approximate surface area is 252 Å². The van der Waals surface area contributed by atoms with Crippen LogP contribution in [0.25, 0.3) is 11.0 Å². The Hall–Kier alpha value is -3.53. The van der Waals surface area contributed by atoms with Crippen LogP contribution >= 0.6 is 0 Å². The maximum atomic E-state index is 13.9. The topological polar surface area (TPSA) is 188 Å². The van der Waals surface area contributed by atoms with Gasteiger partial charge in [-0.1, -0.05) is 51.1 Å². The van der Waals surface area contributed by atoms with E-state index in [9.17, 15) is 31.5 Å². The van der Waals surface area contributed by atoms with Crippen LogP contribution in [0, 0.1) is 11.8 Å². The van der Waals surface area contributed by atoms with Gasteiger partial charge in [-0.2, -0.15) is 4.31 Å². The first-order valence-corrected chi connectivity index (χ1v) is 17.1. The molecular weight excluding hydrogens is 598 g/mol. The molecule has 1 heterocycles. The zero-order valence-electron chi connectivity index (χ0n) is 24.8. The molecule has 3 rings (SSSR count). The van der Waals surface area contributed by atoms with Crippen LogP contribution in [0.1, 0.15) is 26.3 Å². The third-order valence-corrected chi connectivity index (χ3v) is 9.48. The number of fused-ring (bicyclic) bond motifs is 1. The molecule has 4 N–H and O–H groups in total. The number of amides is 2. The molecule has 236 valence electrons. The van der Waals surface area contributed by atoms with Crippen LogP contribution in [-0.4, -0.2) is 92.6 Å². The molecule has 2 aromatic carbocycles. The second-order valence-corrected chi connectivity index (χ2v) is 15.1. The number of carbonyl (C=O) groups is 2. The summed E-state index contributed by atoms with van der Waals surface area (Å²) in [4.78, 5) is 31.5. The second-order valence-electron chi connectivity index (χ2n) is 11.0. The molecule has 0 bridgehead atoms. The zero-order chi connectivity index (χ0) is 31.9. The van der Waals surface area contributed by atoms with Crippen molar-refractivity contribution in [2.45, 2.75) is 44.2 Å². The van der Waals surface area contributed by atoms with Crippen molar-refractivity contribution in [1.29, 1.82) is 0 Å². The minimum Gasteiger partial charge on any atom is -0.453 e. The zero-order valence-corrected chi connectivity index (χ0v) is 26.4. The third-order valence-electron chi connectivity index (χ3n) is 6.55. The van der Waals surface area contributed by atoms with Crippen LogP contribution in [-0.2, 0) is 35.8 Å². The first-order valence-electron chi connectivity index (χ1n) is 13.6. The standard InChI is InChI=1S/C28H39N5O8S2/c1-18(2)15-33(43(39,40)21-11-12-22-23(14-21)31-27(30-22)32-28(36)41-4)16-25(34)24(13-20-9-7-6-8-10-20)29-26(35)19(3)17-42(5,37)38/h6-12,14,18-19,24-25,34H,13,15-17H2,1-5H3,(H,29,35)(H2,30,31,32,36). The molecule has 0 radical (unpaired) electrons. The minimum absolute atomic E-state index is 0.0634. The third kappa shape index (κ3) is 9.74. The fraction of sp³-hybridized carbons (Fsp3) is 0.464. The Bertz CT molecular complexity index is 1620. The fourth-order valence-electron chi connectivity index (χ4n) is 4.53. The smallest absolute Gasteiger partial charge is 0.413 e. The van der Waals surface area contributed by atoms with Crippen molar-refractivity contribution < 1.29 is 36.3 Å². The van der Waals surface area contributed by atoms with E-state index in [1.54, 1.807) is 12.1 Å². The molecule has 0 fully saturated rings. The Balaban J connectivity index is 1.90. The number of sulfone groups is 1. The number of methoxy groups -OCH3 is 1. The SMILES string of the molecule is COC(=O)Nc1nc2ccc(S(=O)(=O)N(CC(C)C)CC(O)C(Cc3ccccc3)NC(=O)C(C)CS(C)(=O)=O)cc2[nH]1. The molecule has 0 saturated carbocycles. The van der Waals surface area contributed by atoms with E-state index in [-0.39, 0.29) is 42.0 Å². The van der Waals surface area contributed by atoms with E-state index in [1.807, 2.05) is 32.0 Å². The number of hydrogen-bond acceptors (Lipinski definition) is 9. The number of carbonyl (C=O) groups excluding carboxylic acids is 2. The van der Waals surface area contributed by atoms with Gasteiger partial charge in [0.1, 0.15) is 9.84 Å². The summed E-state index contributed by atoms with van der Waals surface area (Å²) in [6.45, 7) is 4.90. The molecular formula is C28H39N5O8S2. The monoisotopic (exact) mass is 637 g/mol. The summed E-state index contributed by atoms with van der Waals surface area (Å²) in [6.07, 6.45) is -0.856. The molecule has 3 unspecified atom stereocenters. The quantitative estimate of drug-likeness (QED) is 0.205. The number of aliphatic hydroxyl groups excluding tert-OH is 1. The minimum atomic E-state index is -4.15. The van der Waals surface area contributed by atoms with Crippen LogP contribution in [0.4, 0.5) is 10.7 Å². The predicted octanol–water partition coefficient (Wildman–Crippen LogP) is 2.16. The number of rotatable bonds is 14. The van der Waals surface area contributed by atoms with E-state index in [4.69, 9.17) is 0 Å². The number of aliphatic hydroxyl groups is 1. The number of anilines is 1. The summed E-state index contributed by atoms with van der Waals surface area (Å²) >= 11 is 0. The Morgan fingerprint density at radius 1 is 1.05 bits per heavy atom. The highest BCUT2D eigenvalue weighted by atomic mass is 32.2. The van der Waals surface area contributed by atoms with Gasteiger partial charge >= 0.3 is 6.09 Å². The summed E-state index contributed by atoms with van der Waals surface area (Å²) in [5.74, 6) is -1.84. The van der Waals surface area contributed by atoms with Crippen LogP contribution in [0.3, 0.4) is 0 Å². The van der Waals surface area contributed by atoms with Crippen LogP contribution in [0.2, 0.25) is 0 Å². The predicted molar refractivity (Wildman–Crippen MR) is 163 cm³/mol. The van der Waals surface area contributed by atoms with Gasteiger partial charge in [-0.05, 0) is 36.1 Å². The van der Waals surface area contributed by atoms with Crippen LogP contribution < -0.4 is 10.6 Å². The number of aromatic nitrogens is 2. The van der Waals surface area contributed by atoms with Crippen molar-refractivity contribution in [3.05, 3.63) is 54.1 Å². The van der Waals surface area contributed by atoms with Crippen LogP contribution in [0.15, 0.2) is 53.4 Å². The van der Waals surface area contributed by atoms with Gasteiger partial charge in [-0.25, -0.2) is 26.6 Å². The molecule has 0 aliphatic heterocycles. The van der Waals surface area contributed by atoms with Gasteiger partial charge in [-0.15, -0.1) is 0 Å². The first-order chi connectivity index (χ1) is 20.1. The molecule has 0 aliphatic carbocycles. The summed E-state index contributed by atoms with van der Waals surface area (Å²) in [7, 11) is -6.39. The van der Waals surface area contributed by atoms with Crippen molar-refractivity contribution in [2.75, 3.05) is 37.5 Å². The number of nitrogens with one attached hydrogen (secondary N) is 3. The number of sulfonamides is 1. The van der Waals surface area contributed by atoms with Gasteiger partial charge < -0.3 is 20.1 Å². The van der Waals surface area contributed by atoms with Crippen LogP contribution in [0.5, 0.6) is 0 Å². The van der Waals surface area contributed by atoms with E-state index in [2.05, 4.69) is 25.3 Å². The normalized spacial score (nSPS) is 14.4. The second kappa shape index (κ2) is 14.3. The molecule has 13 nitrogen and oxygen atoms in total. The number of benzene rings is 2. The highest BCUT2D eigenvalue weighted by Crippen LogP contribution is 2.24. The fourth-order valence-corrected chi connectivity index (χ4v) is 7.23. The largest absolute Gasteiger partial charge is 0.453 e. The highest BCUT2D eigenvalue weighted by molar-refractivity contribution is 7.90. The van der Waals surface area contributed by atoms with Gasteiger partial charge in [0.15, 0.2) is 0 Å². The van der Waals surface area contributed by atoms with E-state index in [0.29, 0.717) is 11.0 Å². The average Bonchev–Trinajstić information content (AvgIpc) is 3.33. The number of nitrogens with zero attached hydrogens (tertiary/aromatic N) is 2. The van der Waals surface area contributed by atoms with Crippen molar-refractivity contribution in [1.82, 2.24) is 19.6 Å². The number of H-pyrrole nitrogens is 1. The average molecular weight is 638 g/mol. The van der Waals surface area contributed by atoms with Crippen molar-refractivity contribution >= 4 is 48.8 Å². The number of ether oxygens (including phenoxy) is 1. The molecule has 1 aromatic heterocycles. The van der Waals surface area contributed by atoms with E-state index < -0.39 is 49.9 Å². The van der Waals surface area contributed by atoms with Gasteiger partial charge in [-0.3, -0.25) is 10.1 Å². The van der Waals surface area contributed by atoms with Gasteiger partial charge in [0.05, 0.1) is 40.9 Å². The lowest BCUT2D eigenvalue weighted by atomic mass is 10.00. The lowest BCUT2D eigenvalue weighted by molar-refractivity contribution is -0.125. The maximum absolute atomic E-state index is 13.9. The summed E-state index contributed by atoms with van der Waals surface area (Å²) in [5.41, 5.74) is 1.56. The Kier molecular flexibility index (Phi) is 11.3. The maximum Gasteiger partial charge on any atom is 0.413 e. The van der Waals surface area contributed by atoms with E-state index in [0.717, 1.165) is 16.1 Å². The Morgan fingerprint density at radius 3 is 2.33 bits per heavy atom. The molecule has 15 heteroatoms. The van der Waals surface area contributed by atoms with Crippen molar-refractivity contribution in [2.24, 2.45) is 11.8 Å². The molecule has 0 saturated heterocycles. The van der Waals surface area contributed by atoms with E-state index in [1.165, 1.54) is 32.2 Å². The Morgan fingerprint density at radius 2 is 1.72 bits per heavy atom. The highest BCUT2D eigenvalue weighted by Gasteiger charge is 2.32. The summed E-state index contributed by atoms with van der Waals surface area (Å²) < 4.78 is 57.0. The van der Waals surface area contributed by atoms with Crippen molar-refractivity contribution in [3.8, 4) is 0 Å². The lowest BCUT2D eigenvalue weighted by Crippen LogP contribution is -2.52. The summed E-state index contributed by atoms with van der Waals surface area (Å²) in [5, 5.41) is 16.5. The van der Waals surface area contributed by atoms with E-state index >= 15 is 0 Å². The first kappa shape index (κ1) is 34.0. The molecule has 2 amide bonds. The molecule has 3 aromatic rings. The number of aromatic amines is 1. The molecule has 43 heavy (non-hydrogen) atoms. The van der Waals surface area contributed by atoms with Gasteiger partial charge in [0, 0.05) is 25.3 Å². The summed E-state index contributed by atoms with van der Waals surface area (Å²) in [6, 6.07) is 12.4.